The van der Waals surface area contributed by atoms with Crippen LogP contribution < -0.4 is 15.5 Å². The Morgan fingerprint density at radius 3 is 2.24 bits per heavy atom. The molecule has 4 rings (SSSR count). The standard InChI is InChI=1S/C25H27N7O/c1-16-17(2)30-32(18(16)3)24-14-13-23(28-29-24)26-20-9-11-21(12-10-20)27-25(33)19-7-6-8-22(15-19)31(4)5/h6-15H,1-5H3,(H,26,28)(H,27,33). The number of aromatic nitrogens is 4. The minimum atomic E-state index is -0.153. The topological polar surface area (TPSA) is 88.0 Å². The third-order valence-corrected chi connectivity index (χ3v) is 5.56. The molecule has 0 radical (unpaired) electrons. The summed E-state index contributed by atoms with van der Waals surface area (Å²) in [6, 6.07) is 18.7. The summed E-state index contributed by atoms with van der Waals surface area (Å²) in [7, 11) is 3.89. The Hall–Kier alpha value is -4.20. The summed E-state index contributed by atoms with van der Waals surface area (Å²) in [5.41, 5.74) is 6.31. The molecule has 0 aliphatic rings. The molecule has 0 spiro atoms. The molecule has 0 bridgehead atoms. The van der Waals surface area contributed by atoms with Gasteiger partial charge in [0.05, 0.1) is 5.69 Å². The van der Waals surface area contributed by atoms with Gasteiger partial charge in [0.25, 0.3) is 5.91 Å². The number of rotatable bonds is 6. The van der Waals surface area contributed by atoms with Gasteiger partial charge in [-0.1, -0.05) is 6.07 Å². The maximum Gasteiger partial charge on any atom is 0.255 e. The highest BCUT2D eigenvalue weighted by molar-refractivity contribution is 6.04. The quantitative estimate of drug-likeness (QED) is 0.453. The lowest BCUT2D eigenvalue weighted by molar-refractivity contribution is 0.102. The van der Waals surface area contributed by atoms with Crippen LogP contribution in [0, 0.1) is 20.8 Å². The molecule has 168 valence electrons. The second-order valence-electron chi connectivity index (χ2n) is 8.09. The van der Waals surface area contributed by atoms with Gasteiger partial charge in [0.15, 0.2) is 11.6 Å². The molecule has 2 N–H and O–H groups in total. The molecular weight excluding hydrogens is 414 g/mol. The Morgan fingerprint density at radius 1 is 0.909 bits per heavy atom. The van der Waals surface area contributed by atoms with Crippen molar-refractivity contribution in [2.24, 2.45) is 0 Å². The summed E-state index contributed by atoms with van der Waals surface area (Å²) in [5.74, 6) is 1.14. The summed E-state index contributed by atoms with van der Waals surface area (Å²) in [5, 5.41) is 19.2. The Balaban J connectivity index is 1.41. The van der Waals surface area contributed by atoms with Gasteiger partial charge in [-0.25, -0.2) is 4.68 Å². The van der Waals surface area contributed by atoms with E-state index < -0.39 is 0 Å². The molecule has 2 heterocycles. The minimum absolute atomic E-state index is 0.153. The smallest absolute Gasteiger partial charge is 0.255 e. The molecule has 2 aromatic carbocycles. The van der Waals surface area contributed by atoms with E-state index in [-0.39, 0.29) is 5.91 Å². The van der Waals surface area contributed by atoms with Gasteiger partial charge >= 0.3 is 0 Å². The van der Waals surface area contributed by atoms with E-state index >= 15 is 0 Å². The molecule has 4 aromatic rings. The van der Waals surface area contributed by atoms with Gasteiger partial charge in [0, 0.05) is 42.4 Å². The molecule has 0 aliphatic carbocycles. The summed E-state index contributed by atoms with van der Waals surface area (Å²) in [6.07, 6.45) is 0. The number of anilines is 4. The van der Waals surface area contributed by atoms with Gasteiger partial charge in [-0.3, -0.25) is 4.79 Å². The molecule has 0 aliphatic heterocycles. The molecule has 0 fully saturated rings. The van der Waals surface area contributed by atoms with Crippen molar-refractivity contribution in [2.75, 3.05) is 29.6 Å². The number of nitrogens with one attached hydrogen (secondary N) is 2. The number of amides is 1. The zero-order chi connectivity index (χ0) is 23.5. The van der Waals surface area contributed by atoms with Crippen LogP contribution >= 0.6 is 0 Å². The highest BCUT2D eigenvalue weighted by Crippen LogP contribution is 2.20. The first-order valence-corrected chi connectivity index (χ1v) is 10.6. The third kappa shape index (κ3) is 4.85. The average Bonchev–Trinajstić information content (AvgIpc) is 3.08. The lowest BCUT2D eigenvalue weighted by Crippen LogP contribution is -2.14. The summed E-state index contributed by atoms with van der Waals surface area (Å²) >= 11 is 0. The molecule has 0 unspecified atom stereocenters. The van der Waals surface area contributed by atoms with Crippen LogP contribution in [0.25, 0.3) is 5.82 Å². The fourth-order valence-electron chi connectivity index (χ4n) is 3.36. The zero-order valence-electron chi connectivity index (χ0n) is 19.4. The van der Waals surface area contributed by atoms with Gasteiger partial charge in [-0.15, -0.1) is 10.2 Å². The number of aryl methyl sites for hydroxylation is 1. The number of nitrogens with zero attached hydrogens (tertiary/aromatic N) is 5. The van der Waals surface area contributed by atoms with E-state index in [1.165, 1.54) is 0 Å². The van der Waals surface area contributed by atoms with Crippen molar-refractivity contribution in [1.82, 2.24) is 20.0 Å². The van der Waals surface area contributed by atoms with Crippen LogP contribution in [0.4, 0.5) is 22.9 Å². The Kier molecular flexibility index (Phi) is 6.08. The van der Waals surface area contributed by atoms with Crippen LogP contribution in [0.5, 0.6) is 0 Å². The maximum atomic E-state index is 12.6. The van der Waals surface area contributed by atoms with Crippen molar-refractivity contribution in [3.63, 3.8) is 0 Å². The van der Waals surface area contributed by atoms with E-state index in [1.54, 1.807) is 10.7 Å². The van der Waals surface area contributed by atoms with Gasteiger partial charge in [-0.05, 0) is 80.9 Å². The maximum absolute atomic E-state index is 12.6. The molecule has 2 aromatic heterocycles. The highest BCUT2D eigenvalue weighted by atomic mass is 16.1. The number of carbonyl (C=O) groups excluding carboxylic acids is 1. The number of hydrogen-bond donors (Lipinski definition) is 2. The van der Waals surface area contributed by atoms with Crippen LogP contribution in [0.15, 0.2) is 60.7 Å². The van der Waals surface area contributed by atoms with Gasteiger partial charge < -0.3 is 15.5 Å². The fraction of sp³-hybridized carbons (Fsp3) is 0.200. The molecule has 0 atom stereocenters. The monoisotopic (exact) mass is 441 g/mol. The summed E-state index contributed by atoms with van der Waals surface area (Å²) in [4.78, 5) is 14.6. The predicted octanol–water partition coefficient (Wildman–Crippen LogP) is 4.65. The second-order valence-corrected chi connectivity index (χ2v) is 8.09. The first kappa shape index (κ1) is 22.0. The Labute approximate surface area is 193 Å². The molecule has 0 saturated heterocycles. The van der Waals surface area contributed by atoms with E-state index in [2.05, 4.69) is 25.9 Å². The lowest BCUT2D eigenvalue weighted by atomic mass is 10.1. The molecular formula is C25H27N7O. The third-order valence-electron chi connectivity index (χ3n) is 5.56. The lowest BCUT2D eigenvalue weighted by Gasteiger charge is -2.13. The van der Waals surface area contributed by atoms with Crippen molar-refractivity contribution in [3.05, 3.63) is 83.2 Å². The van der Waals surface area contributed by atoms with Crippen LogP contribution in [-0.2, 0) is 0 Å². The molecule has 33 heavy (non-hydrogen) atoms. The summed E-state index contributed by atoms with van der Waals surface area (Å²) in [6.45, 7) is 6.04. The fourth-order valence-corrected chi connectivity index (χ4v) is 3.36. The van der Waals surface area contributed by atoms with Crippen LogP contribution in [0.2, 0.25) is 0 Å². The minimum Gasteiger partial charge on any atom is -0.378 e. The molecule has 8 nitrogen and oxygen atoms in total. The zero-order valence-corrected chi connectivity index (χ0v) is 19.4. The van der Waals surface area contributed by atoms with Crippen molar-refractivity contribution in [3.8, 4) is 5.82 Å². The van der Waals surface area contributed by atoms with Gasteiger partial charge in [-0.2, -0.15) is 5.10 Å². The first-order chi connectivity index (χ1) is 15.8. The largest absolute Gasteiger partial charge is 0.378 e. The second kappa shape index (κ2) is 9.12. The molecule has 1 amide bonds. The first-order valence-electron chi connectivity index (χ1n) is 10.6. The number of hydrogen-bond acceptors (Lipinski definition) is 6. The van der Waals surface area contributed by atoms with Crippen LogP contribution in [0.3, 0.4) is 0 Å². The summed E-state index contributed by atoms with van der Waals surface area (Å²) < 4.78 is 1.80. The Morgan fingerprint density at radius 2 is 1.64 bits per heavy atom. The average molecular weight is 442 g/mol. The van der Waals surface area contributed by atoms with Crippen molar-refractivity contribution >= 4 is 28.8 Å². The molecule has 0 saturated carbocycles. The van der Waals surface area contributed by atoms with Crippen LogP contribution in [0.1, 0.15) is 27.3 Å². The Bertz CT molecular complexity index is 1280. The SMILES string of the molecule is Cc1nn(-c2ccc(Nc3ccc(NC(=O)c4cccc(N(C)C)c4)cc3)nn2)c(C)c1C. The van der Waals surface area contributed by atoms with Crippen molar-refractivity contribution < 1.29 is 4.79 Å². The normalized spacial score (nSPS) is 10.7. The van der Waals surface area contributed by atoms with Crippen molar-refractivity contribution in [2.45, 2.75) is 20.8 Å². The number of benzene rings is 2. The van der Waals surface area contributed by atoms with Crippen molar-refractivity contribution in [1.29, 1.82) is 0 Å². The number of carbonyl (C=O) groups is 1. The van der Waals surface area contributed by atoms with E-state index in [9.17, 15) is 4.79 Å². The van der Waals surface area contributed by atoms with E-state index in [1.807, 2.05) is 94.4 Å². The van der Waals surface area contributed by atoms with E-state index in [0.29, 0.717) is 22.9 Å². The van der Waals surface area contributed by atoms with E-state index in [0.717, 1.165) is 28.3 Å². The van der Waals surface area contributed by atoms with Gasteiger partial charge in [0.2, 0.25) is 0 Å². The van der Waals surface area contributed by atoms with Gasteiger partial charge in [0.1, 0.15) is 0 Å². The highest BCUT2D eigenvalue weighted by Gasteiger charge is 2.11. The molecule has 8 heteroatoms. The predicted molar refractivity (Wildman–Crippen MR) is 132 cm³/mol. The van der Waals surface area contributed by atoms with E-state index in [4.69, 9.17) is 0 Å². The van der Waals surface area contributed by atoms with Crippen LogP contribution in [-0.4, -0.2) is 40.0 Å².